The summed E-state index contributed by atoms with van der Waals surface area (Å²) in [5.41, 5.74) is 3.02. The summed E-state index contributed by atoms with van der Waals surface area (Å²) in [6.45, 7) is 0. The van der Waals surface area contributed by atoms with Crippen molar-refractivity contribution in [3.8, 4) is 0 Å². The minimum Gasteiger partial charge on any atom is -0.432 e. The number of ether oxygens (including phenoxy) is 1. The van der Waals surface area contributed by atoms with E-state index in [1.165, 1.54) is 5.56 Å². The summed E-state index contributed by atoms with van der Waals surface area (Å²) in [5.74, 6) is 0.0956. The van der Waals surface area contributed by atoms with Gasteiger partial charge in [-0.25, -0.2) is 4.79 Å². The van der Waals surface area contributed by atoms with Gasteiger partial charge >= 0.3 is 5.97 Å². The number of esters is 1. The van der Waals surface area contributed by atoms with E-state index in [0.717, 1.165) is 29.7 Å². The summed E-state index contributed by atoms with van der Waals surface area (Å²) < 4.78 is 6.30. The lowest BCUT2D eigenvalue weighted by molar-refractivity contribution is -0.164. The van der Waals surface area contributed by atoms with E-state index in [-0.39, 0.29) is 11.9 Å². The minimum atomic E-state index is -0.756. The number of hydrogen-bond acceptors (Lipinski definition) is 3. The predicted octanol–water partition coefficient (Wildman–Crippen LogP) is 4.37. The molecule has 132 valence electrons. The van der Waals surface area contributed by atoms with E-state index in [0.29, 0.717) is 0 Å². The highest BCUT2D eigenvalue weighted by Gasteiger charge is 2.75. The number of para-hydroxylation sites is 1. The van der Waals surface area contributed by atoms with Crippen LogP contribution >= 0.6 is 0 Å². The van der Waals surface area contributed by atoms with E-state index in [1.807, 2.05) is 36.4 Å². The lowest BCUT2D eigenvalue weighted by atomic mass is 9.78. The third kappa shape index (κ3) is 1.65. The first kappa shape index (κ1) is 15.0. The van der Waals surface area contributed by atoms with Crippen LogP contribution in [0.2, 0.25) is 0 Å². The molecule has 3 aliphatic rings. The van der Waals surface area contributed by atoms with Crippen molar-refractivity contribution in [1.29, 1.82) is 0 Å². The Morgan fingerprint density at radius 2 is 1.44 bits per heavy atom. The molecular formula is C24H19NO2. The number of hydrogen-bond donors (Lipinski definition) is 0. The maximum atomic E-state index is 13.4. The highest BCUT2D eigenvalue weighted by Crippen LogP contribution is 2.66. The van der Waals surface area contributed by atoms with Crippen molar-refractivity contribution in [2.24, 2.45) is 5.92 Å². The summed E-state index contributed by atoms with van der Waals surface area (Å²) in [5, 5.41) is 0. The molecule has 6 rings (SSSR count). The quantitative estimate of drug-likeness (QED) is 0.641. The molecule has 0 aliphatic carbocycles. The summed E-state index contributed by atoms with van der Waals surface area (Å²) >= 11 is 0. The first-order chi connectivity index (χ1) is 13.3. The molecule has 3 aliphatic heterocycles. The van der Waals surface area contributed by atoms with E-state index in [9.17, 15) is 4.79 Å². The van der Waals surface area contributed by atoms with E-state index in [4.69, 9.17) is 4.74 Å². The average molecular weight is 353 g/mol. The van der Waals surface area contributed by atoms with Gasteiger partial charge in [0.05, 0.1) is 0 Å². The molecule has 0 saturated carbocycles. The maximum Gasteiger partial charge on any atom is 0.339 e. The third-order valence-electron chi connectivity index (χ3n) is 6.53. The molecule has 3 heterocycles. The molecular weight excluding hydrogens is 334 g/mol. The van der Waals surface area contributed by atoms with Crippen molar-refractivity contribution < 1.29 is 9.53 Å². The second-order valence-electron chi connectivity index (χ2n) is 7.75. The van der Waals surface area contributed by atoms with Crippen molar-refractivity contribution in [1.82, 2.24) is 0 Å². The van der Waals surface area contributed by atoms with Crippen LogP contribution in [0.3, 0.4) is 0 Å². The number of benzene rings is 3. The van der Waals surface area contributed by atoms with Crippen LogP contribution in [0.1, 0.15) is 23.1 Å². The number of carbonyl (C=O) groups is 1. The van der Waals surface area contributed by atoms with Gasteiger partial charge < -0.3 is 9.64 Å². The lowest BCUT2D eigenvalue weighted by Crippen LogP contribution is -2.49. The molecule has 0 N–H and O–H groups in total. The van der Waals surface area contributed by atoms with Crippen LogP contribution in [0, 0.1) is 5.92 Å². The van der Waals surface area contributed by atoms with Gasteiger partial charge in [-0.2, -0.15) is 0 Å². The molecule has 3 heteroatoms. The molecule has 2 fully saturated rings. The number of anilines is 1. The fraction of sp³-hybridized carbons (Fsp3) is 0.208. The highest BCUT2D eigenvalue weighted by atomic mass is 16.6. The molecule has 0 radical (unpaired) electrons. The van der Waals surface area contributed by atoms with Gasteiger partial charge in [0, 0.05) is 17.2 Å². The van der Waals surface area contributed by atoms with E-state index in [1.54, 1.807) is 0 Å². The molecule has 0 amide bonds. The van der Waals surface area contributed by atoms with Gasteiger partial charge in [-0.3, -0.25) is 0 Å². The standard InChI is InChI=1S/C24H19NO2/c26-22-23(18-10-3-1-4-11-18)16-20-15-17-9-7-8-14-21(17)25(23)24(20,27-22)19-12-5-2-6-13-19/h1-14,20H,15-16H2. The Labute approximate surface area is 158 Å². The zero-order valence-electron chi connectivity index (χ0n) is 14.8. The second-order valence-corrected chi connectivity index (χ2v) is 7.75. The van der Waals surface area contributed by atoms with E-state index >= 15 is 0 Å². The fourth-order valence-corrected chi connectivity index (χ4v) is 5.52. The number of rotatable bonds is 2. The SMILES string of the molecule is O=C1OC2(c3ccccc3)C3Cc4ccccc4N2C1(c1ccccc1)C3. The van der Waals surface area contributed by atoms with Gasteiger partial charge in [0.15, 0.2) is 5.54 Å². The Bertz CT molecular complexity index is 1050. The second kappa shape index (κ2) is 5.01. The van der Waals surface area contributed by atoms with Gasteiger partial charge in [-0.05, 0) is 30.0 Å². The van der Waals surface area contributed by atoms with Crippen LogP contribution in [0.4, 0.5) is 5.69 Å². The summed E-state index contributed by atoms with van der Waals surface area (Å²) in [6.07, 6.45) is 1.70. The smallest absolute Gasteiger partial charge is 0.339 e. The minimum absolute atomic E-state index is 0.134. The Morgan fingerprint density at radius 3 is 2.19 bits per heavy atom. The Balaban J connectivity index is 1.68. The Hall–Kier alpha value is -3.07. The van der Waals surface area contributed by atoms with Gasteiger partial charge in [-0.15, -0.1) is 0 Å². The largest absolute Gasteiger partial charge is 0.432 e. The average Bonchev–Trinajstić information content (AvgIpc) is 3.09. The molecule has 27 heavy (non-hydrogen) atoms. The molecule has 4 bridgehead atoms. The maximum absolute atomic E-state index is 13.4. The van der Waals surface area contributed by atoms with Crippen LogP contribution in [0.5, 0.6) is 0 Å². The molecule has 3 nitrogen and oxygen atoms in total. The van der Waals surface area contributed by atoms with Crippen LogP contribution < -0.4 is 4.90 Å². The normalized spacial score (nSPS) is 30.1. The van der Waals surface area contributed by atoms with Gasteiger partial charge in [0.25, 0.3) is 0 Å². The summed E-state index contributed by atoms with van der Waals surface area (Å²) in [7, 11) is 0. The molecule has 0 spiro atoms. The molecule has 3 unspecified atom stereocenters. The van der Waals surface area contributed by atoms with Gasteiger partial charge in [-0.1, -0.05) is 78.9 Å². The van der Waals surface area contributed by atoms with Crippen molar-refractivity contribution in [3.63, 3.8) is 0 Å². The number of nitrogens with zero attached hydrogens (tertiary/aromatic N) is 1. The first-order valence-electron chi connectivity index (χ1n) is 9.49. The fourth-order valence-electron chi connectivity index (χ4n) is 5.52. The van der Waals surface area contributed by atoms with E-state index < -0.39 is 11.3 Å². The van der Waals surface area contributed by atoms with Crippen molar-refractivity contribution in [3.05, 3.63) is 102 Å². The third-order valence-corrected chi connectivity index (χ3v) is 6.53. The van der Waals surface area contributed by atoms with Crippen LogP contribution in [-0.4, -0.2) is 5.97 Å². The zero-order valence-corrected chi connectivity index (χ0v) is 14.8. The van der Waals surface area contributed by atoms with Crippen molar-refractivity contribution in [2.45, 2.75) is 24.1 Å². The zero-order chi connectivity index (χ0) is 18.1. The molecule has 0 aromatic heterocycles. The van der Waals surface area contributed by atoms with Crippen molar-refractivity contribution in [2.75, 3.05) is 4.90 Å². The first-order valence-corrected chi connectivity index (χ1v) is 9.49. The molecule has 3 aromatic carbocycles. The summed E-state index contributed by atoms with van der Waals surface area (Å²) in [6, 6.07) is 28.8. The topological polar surface area (TPSA) is 29.5 Å². The Morgan fingerprint density at radius 1 is 0.815 bits per heavy atom. The van der Waals surface area contributed by atoms with Crippen LogP contribution in [0.25, 0.3) is 0 Å². The molecule has 3 aromatic rings. The molecule has 2 saturated heterocycles. The predicted molar refractivity (Wildman–Crippen MR) is 103 cm³/mol. The van der Waals surface area contributed by atoms with Gasteiger partial charge in [0.1, 0.15) is 0 Å². The molecule has 3 atom stereocenters. The van der Waals surface area contributed by atoms with Gasteiger partial charge in [0.2, 0.25) is 5.72 Å². The lowest BCUT2D eigenvalue weighted by Gasteiger charge is -2.43. The van der Waals surface area contributed by atoms with Crippen molar-refractivity contribution >= 4 is 11.7 Å². The van der Waals surface area contributed by atoms with Crippen LogP contribution in [-0.2, 0) is 27.2 Å². The number of carbonyl (C=O) groups excluding carboxylic acids is 1. The van der Waals surface area contributed by atoms with E-state index in [2.05, 4.69) is 53.4 Å². The summed E-state index contributed by atoms with van der Waals surface area (Å²) in [4.78, 5) is 15.7. The monoisotopic (exact) mass is 353 g/mol. The highest BCUT2D eigenvalue weighted by molar-refractivity contribution is 5.94. The Kier molecular flexibility index (Phi) is 2.79. The van der Waals surface area contributed by atoms with Crippen LogP contribution in [0.15, 0.2) is 84.9 Å². The number of fused-ring (bicyclic) bond motifs is 1.